The van der Waals surface area contributed by atoms with Crippen LogP contribution in [0.5, 0.6) is 0 Å². The van der Waals surface area contributed by atoms with Crippen molar-refractivity contribution in [1.29, 1.82) is 0 Å². The van der Waals surface area contributed by atoms with Gasteiger partial charge in [-0.05, 0) is 18.8 Å². The van der Waals surface area contributed by atoms with Gasteiger partial charge >= 0.3 is 5.97 Å². The Hall–Kier alpha value is -0.790. The molecular weight excluding hydrogens is 152 g/mol. The summed E-state index contributed by atoms with van der Waals surface area (Å²) in [5.41, 5.74) is 0.631. The highest BCUT2D eigenvalue weighted by molar-refractivity contribution is 5.89. The molecule has 0 spiro atoms. The van der Waals surface area contributed by atoms with E-state index in [0.29, 0.717) is 11.5 Å². The lowest BCUT2D eigenvalue weighted by Crippen LogP contribution is -2.18. The van der Waals surface area contributed by atoms with Crippen LogP contribution in [-0.2, 0) is 9.53 Å². The number of cyclic esters (lactones) is 1. The van der Waals surface area contributed by atoms with Gasteiger partial charge in [0.15, 0.2) is 0 Å². The Bertz CT molecular complexity index is 176. The summed E-state index contributed by atoms with van der Waals surface area (Å²) in [6.07, 6.45) is 2.97. The van der Waals surface area contributed by atoms with Crippen LogP contribution in [-0.4, -0.2) is 12.1 Å². The summed E-state index contributed by atoms with van der Waals surface area (Å²) in [6, 6.07) is 0. The van der Waals surface area contributed by atoms with Crippen molar-refractivity contribution in [2.45, 2.75) is 39.2 Å². The first-order chi connectivity index (χ1) is 5.69. The smallest absolute Gasteiger partial charge is 0.333 e. The quantitative estimate of drug-likeness (QED) is 0.477. The van der Waals surface area contributed by atoms with Crippen LogP contribution < -0.4 is 0 Å². The highest BCUT2D eigenvalue weighted by Crippen LogP contribution is 2.28. The number of carbonyl (C=O) groups is 1. The number of carbonyl (C=O) groups excluding carboxylic acids is 1. The van der Waals surface area contributed by atoms with Crippen LogP contribution in [0.15, 0.2) is 12.2 Å². The second-order valence-electron chi connectivity index (χ2n) is 3.33. The van der Waals surface area contributed by atoms with Crippen molar-refractivity contribution < 1.29 is 9.53 Å². The molecule has 0 saturated carbocycles. The Morgan fingerprint density at radius 2 is 2.17 bits per heavy atom. The lowest BCUT2D eigenvalue weighted by atomic mass is 9.94. The van der Waals surface area contributed by atoms with Gasteiger partial charge in [0.2, 0.25) is 0 Å². The molecule has 0 radical (unpaired) electrons. The standard InChI is InChI=1S/C10H16O2/c1-4-8(5-2)9-6-7(3)10(11)12-9/h8-9H,3-6H2,1-2H3. The van der Waals surface area contributed by atoms with Gasteiger partial charge in [0.05, 0.1) is 0 Å². The average molecular weight is 168 g/mol. The molecule has 1 aliphatic heterocycles. The fourth-order valence-electron chi connectivity index (χ4n) is 1.67. The number of ether oxygens (including phenoxy) is 1. The van der Waals surface area contributed by atoms with E-state index in [2.05, 4.69) is 20.4 Å². The zero-order valence-corrected chi connectivity index (χ0v) is 7.80. The van der Waals surface area contributed by atoms with Gasteiger partial charge < -0.3 is 4.74 Å². The predicted octanol–water partition coefficient (Wildman–Crippen LogP) is 2.29. The van der Waals surface area contributed by atoms with E-state index in [1.54, 1.807) is 0 Å². The van der Waals surface area contributed by atoms with Crippen molar-refractivity contribution in [1.82, 2.24) is 0 Å². The normalized spacial score (nSPS) is 23.4. The van der Waals surface area contributed by atoms with Gasteiger partial charge in [-0.15, -0.1) is 0 Å². The molecule has 0 aromatic heterocycles. The van der Waals surface area contributed by atoms with Gasteiger partial charge in [-0.3, -0.25) is 0 Å². The van der Waals surface area contributed by atoms with Crippen LogP contribution in [0.4, 0.5) is 0 Å². The average Bonchev–Trinajstić information content (AvgIpc) is 2.35. The molecule has 12 heavy (non-hydrogen) atoms. The first-order valence-electron chi connectivity index (χ1n) is 4.57. The third kappa shape index (κ3) is 1.68. The first kappa shape index (κ1) is 9.30. The summed E-state index contributed by atoms with van der Waals surface area (Å²) in [5, 5.41) is 0. The van der Waals surface area contributed by atoms with Crippen molar-refractivity contribution in [2.75, 3.05) is 0 Å². The van der Waals surface area contributed by atoms with E-state index in [0.717, 1.165) is 19.3 Å². The van der Waals surface area contributed by atoms with Crippen molar-refractivity contribution >= 4 is 5.97 Å². The Labute approximate surface area is 73.6 Å². The van der Waals surface area contributed by atoms with E-state index >= 15 is 0 Å². The second kappa shape index (κ2) is 3.74. The van der Waals surface area contributed by atoms with Gasteiger partial charge in [0, 0.05) is 12.0 Å². The molecule has 0 aromatic rings. The molecule has 1 atom stereocenters. The molecule has 0 N–H and O–H groups in total. The zero-order valence-electron chi connectivity index (χ0n) is 7.80. The summed E-state index contributed by atoms with van der Waals surface area (Å²) in [6.45, 7) is 7.92. The molecule has 0 bridgehead atoms. The molecule has 2 heteroatoms. The Morgan fingerprint density at radius 3 is 2.50 bits per heavy atom. The van der Waals surface area contributed by atoms with Gasteiger partial charge in [-0.2, -0.15) is 0 Å². The first-order valence-corrected chi connectivity index (χ1v) is 4.57. The molecule has 1 unspecified atom stereocenters. The third-order valence-corrected chi connectivity index (χ3v) is 2.57. The van der Waals surface area contributed by atoms with Crippen LogP contribution in [0.1, 0.15) is 33.1 Å². The molecule has 1 rings (SSSR count). The predicted molar refractivity (Wildman–Crippen MR) is 47.7 cm³/mol. The molecule has 2 nitrogen and oxygen atoms in total. The van der Waals surface area contributed by atoms with E-state index < -0.39 is 0 Å². The lowest BCUT2D eigenvalue weighted by Gasteiger charge is -2.18. The minimum Gasteiger partial charge on any atom is -0.458 e. The summed E-state index contributed by atoms with van der Waals surface area (Å²) in [4.78, 5) is 11.0. The van der Waals surface area contributed by atoms with E-state index in [9.17, 15) is 4.79 Å². The summed E-state index contributed by atoms with van der Waals surface area (Å²) in [7, 11) is 0. The topological polar surface area (TPSA) is 26.3 Å². The number of esters is 1. The highest BCUT2D eigenvalue weighted by Gasteiger charge is 2.31. The number of hydrogen-bond acceptors (Lipinski definition) is 2. The second-order valence-corrected chi connectivity index (χ2v) is 3.33. The van der Waals surface area contributed by atoms with Crippen molar-refractivity contribution in [3.8, 4) is 0 Å². The van der Waals surface area contributed by atoms with Crippen molar-refractivity contribution in [2.24, 2.45) is 5.92 Å². The maximum atomic E-state index is 11.0. The summed E-state index contributed by atoms with van der Waals surface area (Å²) < 4.78 is 5.18. The minimum absolute atomic E-state index is 0.0972. The van der Waals surface area contributed by atoms with E-state index in [1.165, 1.54) is 0 Å². The molecule has 1 heterocycles. The molecule has 68 valence electrons. The zero-order chi connectivity index (χ0) is 9.14. The Balaban J connectivity index is 2.55. The van der Waals surface area contributed by atoms with Crippen LogP contribution in [0.25, 0.3) is 0 Å². The maximum absolute atomic E-state index is 11.0. The lowest BCUT2D eigenvalue weighted by molar-refractivity contribution is -0.140. The molecule has 1 saturated heterocycles. The van der Waals surface area contributed by atoms with Crippen LogP contribution in [0, 0.1) is 5.92 Å². The Kier molecular flexibility index (Phi) is 2.90. The fourth-order valence-corrected chi connectivity index (χ4v) is 1.67. The van der Waals surface area contributed by atoms with Gasteiger partial charge in [-0.1, -0.05) is 20.4 Å². The van der Waals surface area contributed by atoms with Gasteiger partial charge in [0.1, 0.15) is 6.10 Å². The minimum atomic E-state index is -0.202. The third-order valence-electron chi connectivity index (χ3n) is 2.57. The molecule has 1 aliphatic rings. The molecule has 1 fully saturated rings. The van der Waals surface area contributed by atoms with E-state index in [-0.39, 0.29) is 12.1 Å². The van der Waals surface area contributed by atoms with Crippen LogP contribution >= 0.6 is 0 Å². The molecular formula is C10H16O2. The van der Waals surface area contributed by atoms with Gasteiger partial charge in [0.25, 0.3) is 0 Å². The SMILES string of the molecule is C=C1CC(C(CC)CC)OC1=O. The maximum Gasteiger partial charge on any atom is 0.333 e. The monoisotopic (exact) mass is 168 g/mol. The highest BCUT2D eigenvalue weighted by atomic mass is 16.5. The van der Waals surface area contributed by atoms with Crippen LogP contribution in [0.2, 0.25) is 0 Å². The molecule has 0 aliphatic carbocycles. The van der Waals surface area contributed by atoms with E-state index in [1.807, 2.05) is 0 Å². The van der Waals surface area contributed by atoms with E-state index in [4.69, 9.17) is 4.74 Å². The Morgan fingerprint density at radius 1 is 1.58 bits per heavy atom. The van der Waals surface area contributed by atoms with Crippen molar-refractivity contribution in [3.05, 3.63) is 12.2 Å². The number of rotatable bonds is 3. The molecule has 0 amide bonds. The van der Waals surface area contributed by atoms with Gasteiger partial charge in [-0.25, -0.2) is 4.79 Å². The van der Waals surface area contributed by atoms with Crippen molar-refractivity contribution in [3.63, 3.8) is 0 Å². The molecule has 0 aromatic carbocycles. The number of hydrogen-bond donors (Lipinski definition) is 0. The summed E-state index contributed by atoms with van der Waals surface area (Å²) >= 11 is 0. The largest absolute Gasteiger partial charge is 0.458 e. The summed E-state index contributed by atoms with van der Waals surface area (Å²) in [5.74, 6) is 0.306. The van der Waals surface area contributed by atoms with Crippen LogP contribution in [0.3, 0.4) is 0 Å². The fraction of sp³-hybridized carbons (Fsp3) is 0.700.